The van der Waals surface area contributed by atoms with E-state index in [4.69, 9.17) is 18.4 Å². The van der Waals surface area contributed by atoms with Gasteiger partial charge in [0.2, 0.25) is 0 Å². The molecular weight excluding hydrogens is 215 g/mol. The Labute approximate surface area is 80.0 Å². The molecule has 0 spiro atoms. The van der Waals surface area contributed by atoms with Gasteiger partial charge in [0.05, 0.1) is 11.6 Å². The van der Waals surface area contributed by atoms with E-state index in [1.54, 1.807) is 0 Å². The summed E-state index contributed by atoms with van der Waals surface area (Å²) in [5.74, 6) is 0. The van der Waals surface area contributed by atoms with Crippen LogP contribution in [0.25, 0.3) is 0 Å². The topological polar surface area (TPSA) is 47.6 Å². The summed E-state index contributed by atoms with van der Waals surface area (Å²) in [6, 6.07) is 6.88. The largest absolute Gasteiger partial charge is 0.192 e. The van der Waals surface area contributed by atoms with Crippen molar-refractivity contribution in [2.75, 3.05) is 0 Å². The molecule has 54 valence electrons. The summed E-state index contributed by atoms with van der Waals surface area (Å²) in [6.45, 7) is 0. The van der Waals surface area contributed by atoms with Gasteiger partial charge in [-0.1, -0.05) is 5.46 Å². The Hall–Kier alpha value is -1.26. The van der Waals surface area contributed by atoms with Crippen molar-refractivity contribution in [1.82, 2.24) is 0 Å². The lowest BCUT2D eigenvalue weighted by atomic mass is 9.90. The molecule has 0 unspecified atom stereocenters. The van der Waals surface area contributed by atoms with Crippen LogP contribution in [0.4, 0.5) is 0 Å². The van der Waals surface area contributed by atoms with Gasteiger partial charge in [0.1, 0.15) is 13.9 Å². The van der Waals surface area contributed by atoms with Gasteiger partial charge in [-0.25, -0.2) is 0 Å². The summed E-state index contributed by atoms with van der Waals surface area (Å²) >= 11 is 3.15. The summed E-state index contributed by atoms with van der Waals surface area (Å²) in [6.07, 6.45) is 0. The Balaban J connectivity index is 3.41. The minimum Gasteiger partial charge on any atom is -0.192 e. The fourth-order valence-electron chi connectivity index (χ4n) is 0.773. The predicted molar refractivity (Wildman–Crippen MR) is 49.0 cm³/mol. The van der Waals surface area contributed by atoms with Crippen LogP contribution in [0.5, 0.6) is 0 Å². The average Bonchev–Trinajstić information content (AvgIpc) is 2.08. The number of nitrogens with zero attached hydrogens (tertiary/aromatic N) is 2. The van der Waals surface area contributed by atoms with Gasteiger partial charge in [0, 0.05) is 10.0 Å². The second-order valence-corrected chi connectivity index (χ2v) is 3.00. The molecule has 0 aliphatic carbocycles. The first-order valence-electron chi connectivity index (χ1n) is 3.08. The highest BCUT2D eigenvalue weighted by atomic mass is 79.9. The number of halogens is 1. The molecule has 4 heteroatoms. The van der Waals surface area contributed by atoms with E-state index in [0.29, 0.717) is 21.1 Å². The quantitative estimate of drug-likeness (QED) is 0.608. The van der Waals surface area contributed by atoms with Gasteiger partial charge in [-0.2, -0.15) is 10.5 Å². The van der Waals surface area contributed by atoms with Gasteiger partial charge in [-0.3, -0.25) is 0 Å². The Bertz CT molecular complexity index is 361. The third-order valence-corrected chi connectivity index (χ3v) is 2.04. The summed E-state index contributed by atoms with van der Waals surface area (Å²) in [7, 11) is 5.48. The molecule has 0 amide bonds. The van der Waals surface area contributed by atoms with E-state index in [9.17, 15) is 0 Å². The zero-order valence-corrected chi connectivity index (χ0v) is 7.59. The third-order valence-electron chi connectivity index (χ3n) is 1.38. The monoisotopic (exact) mass is 216 g/mol. The van der Waals surface area contributed by atoms with Gasteiger partial charge < -0.3 is 0 Å². The third kappa shape index (κ3) is 1.49. The van der Waals surface area contributed by atoms with E-state index in [2.05, 4.69) is 15.9 Å². The van der Waals surface area contributed by atoms with Crippen LogP contribution in [0, 0.1) is 22.7 Å². The molecule has 1 aromatic rings. The van der Waals surface area contributed by atoms with E-state index in [-0.39, 0.29) is 0 Å². The van der Waals surface area contributed by atoms with Crippen LogP contribution in [0.3, 0.4) is 0 Å². The van der Waals surface area contributed by atoms with E-state index >= 15 is 0 Å². The molecule has 0 saturated carbocycles. The van der Waals surface area contributed by atoms with Crippen molar-refractivity contribution in [2.45, 2.75) is 0 Å². The lowest BCUT2D eigenvalue weighted by molar-refractivity contribution is 1.45. The number of hydrogen-bond donors (Lipinski definition) is 0. The Morgan fingerprint density at radius 2 is 1.75 bits per heavy atom. The standard InChI is InChI=1S/C8H2BBrN2/c9-7-1-6(4-12)8(10)2-5(7)3-11/h1-2H. The van der Waals surface area contributed by atoms with Crippen molar-refractivity contribution in [3.05, 3.63) is 27.7 Å². The summed E-state index contributed by atoms with van der Waals surface area (Å²) in [4.78, 5) is 0. The van der Waals surface area contributed by atoms with Gasteiger partial charge in [0.15, 0.2) is 0 Å². The van der Waals surface area contributed by atoms with Gasteiger partial charge in [-0.15, -0.1) is 0 Å². The number of hydrogen-bond acceptors (Lipinski definition) is 2. The maximum absolute atomic E-state index is 8.59. The zero-order valence-electron chi connectivity index (χ0n) is 6.00. The SMILES string of the molecule is [B]c1cc(C#N)c(Br)cc1C#N. The molecule has 0 bridgehead atoms. The second-order valence-electron chi connectivity index (χ2n) is 2.14. The van der Waals surface area contributed by atoms with E-state index in [1.807, 2.05) is 12.1 Å². The van der Waals surface area contributed by atoms with Crippen LogP contribution < -0.4 is 5.46 Å². The maximum Gasteiger partial charge on any atom is 0.115 e. The highest BCUT2D eigenvalue weighted by Crippen LogP contribution is 2.15. The molecule has 2 nitrogen and oxygen atoms in total. The van der Waals surface area contributed by atoms with Crippen molar-refractivity contribution in [3.63, 3.8) is 0 Å². The molecule has 0 atom stereocenters. The van der Waals surface area contributed by atoms with Crippen molar-refractivity contribution < 1.29 is 0 Å². The first-order valence-corrected chi connectivity index (χ1v) is 3.87. The first-order chi connectivity index (χ1) is 5.69. The number of nitriles is 2. The smallest absolute Gasteiger partial charge is 0.115 e. The van der Waals surface area contributed by atoms with Crippen molar-refractivity contribution >= 4 is 29.2 Å². The molecule has 0 heterocycles. The van der Waals surface area contributed by atoms with E-state index < -0.39 is 0 Å². The number of benzene rings is 1. The Morgan fingerprint density at radius 3 is 2.25 bits per heavy atom. The van der Waals surface area contributed by atoms with Crippen molar-refractivity contribution in [1.29, 1.82) is 10.5 Å². The van der Waals surface area contributed by atoms with Crippen LogP contribution in [-0.4, -0.2) is 7.85 Å². The minimum atomic E-state index is 0.331. The van der Waals surface area contributed by atoms with Crippen LogP contribution >= 0.6 is 15.9 Å². The highest BCUT2D eigenvalue weighted by Gasteiger charge is 2.03. The minimum absolute atomic E-state index is 0.331. The molecule has 0 fully saturated rings. The fraction of sp³-hybridized carbons (Fsp3) is 0. The molecule has 0 aliphatic heterocycles. The molecule has 0 aromatic heterocycles. The van der Waals surface area contributed by atoms with Gasteiger partial charge in [0.25, 0.3) is 0 Å². The van der Waals surface area contributed by atoms with E-state index in [1.165, 1.54) is 12.1 Å². The summed E-state index contributed by atoms with van der Waals surface area (Å²) in [5, 5.41) is 17.2. The summed E-state index contributed by atoms with van der Waals surface area (Å²) in [5.41, 5.74) is 1.14. The van der Waals surface area contributed by atoms with Crippen molar-refractivity contribution in [3.8, 4) is 12.1 Å². The Kier molecular flexibility index (Phi) is 2.52. The van der Waals surface area contributed by atoms with Crippen LogP contribution in [0.2, 0.25) is 0 Å². The van der Waals surface area contributed by atoms with Crippen molar-refractivity contribution in [2.24, 2.45) is 0 Å². The molecule has 1 aromatic carbocycles. The maximum atomic E-state index is 8.59. The normalized spacial score (nSPS) is 8.58. The number of rotatable bonds is 0. The molecule has 0 N–H and O–H groups in total. The molecule has 1 rings (SSSR count). The van der Waals surface area contributed by atoms with Crippen LogP contribution in [0.15, 0.2) is 16.6 Å². The average molecular weight is 217 g/mol. The Morgan fingerprint density at radius 1 is 1.17 bits per heavy atom. The van der Waals surface area contributed by atoms with Gasteiger partial charge >= 0.3 is 0 Å². The molecule has 2 radical (unpaired) electrons. The second kappa shape index (κ2) is 3.43. The molecule has 12 heavy (non-hydrogen) atoms. The van der Waals surface area contributed by atoms with Crippen LogP contribution in [0.1, 0.15) is 11.1 Å². The summed E-state index contributed by atoms with van der Waals surface area (Å²) < 4.78 is 0.593. The first kappa shape index (κ1) is 8.84. The van der Waals surface area contributed by atoms with Crippen LogP contribution in [-0.2, 0) is 0 Å². The van der Waals surface area contributed by atoms with E-state index in [0.717, 1.165) is 0 Å². The molecule has 0 saturated heterocycles. The zero-order chi connectivity index (χ0) is 9.14. The molecular formula is C8H2BBrN2. The lowest BCUT2D eigenvalue weighted by Gasteiger charge is -1.99. The lowest BCUT2D eigenvalue weighted by Crippen LogP contribution is -2.08. The molecule has 0 aliphatic rings. The predicted octanol–water partition coefficient (Wildman–Crippen LogP) is 0.986. The fourth-order valence-corrected chi connectivity index (χ4v) is 1.20. The highest BCUT2D eigenvalue weighted by molar-refractivity contribution is 9.10. The van der Waals surface area contributed by atoms with Gasteiger partial charge in [-0.05, 0) is 28.1 Å².